The van der Waals surface area contributed by atoms with Crippen LogP contribution in [0.5, 0.6) is 0 Å². The maximum Gasteiger partial charge on any atom is 0.451 e. The quantitative estimate of drug-likeness (QED) is 0.899. The fraction of sp³-hybridized carbons (Fsp3) is 0.538. The van der Waals surface area contributed by atoms with E-state index in [1.807, 2.05) is 6.92 Å². The van der Waals surface area contributed by atoms with E-state index in [-0.39, 0.29) is 18.0 Å². The van der Waals surface area contributed by atoms with Crippen LogP contribution in [-0.2, 0) is 11.0 Å². The van der Waals surface area contributed by atoms with Gasteiger partial charge >= 0.3 is 12.1 Å². The Kier molecular flexibility index (Phi) is 4.34. The maximum atomic E-state index is 12.4. The van der Waals surface area contributed by atoms with Crippen molar-refractivity contribution in [2.45, 2.75) is 32.0 Å². The molecule has 22 heavy (non-hydrogen) atoms. The molecule has 0 radical (unpaired) electrons. The molecule has 2 rings (SSSR count). The third kappa shape index (κ3) is 3.34. The molecule has 1 saturated heterocycles. The fourth-order valence-electron chi connectivity index (χ4n) is 2.37. The second kappa shape index (κ2) is 5.90. The number of rotatable bonds is 2. The minimum absolute atomic E-state index is 0.159. The molecular formula is C13H14F3N3O3. The van der Waals surface area contributed by atoms with E-state index >= 15 is 0 Å². The predicted octanol–water partition coefficient (Wildman–Crippen LogP) is 1.82. The van der Waals surface area contributed by atoms with Gasteiger partial charge < -0.3 is 10.0 Å². The molecule has 1 fully saturated rings. The van der Waals surface area contributed by atoms with E-state index in [0.717, 1.165) is 17.3 Å². The van der Waals surface area contributed by atoms with Gasteiger partial charge in [0.2, 0.25) is 5.82 Å². The molecule has 6 nitrogen and oxygen atoms in total. The highest BCUT2D eigenvalue weighted by atomic mass is 19.4. The van der Waals surface area contributed by atoms with Crippen LogP contribution >= 0.6 is 0 Å². The molecular weight excluding hydrogens is 303 g/mol. The number of hydrogen-bond acceptors (Lipinski definition) is 4. The number of carboxylic acid groups (broad SMARTS) is 1. The molecule has 1 aromatic rings. The lowest BCUT2D eigenvalue weighted by Crippen LogP contribution is -2.49. The van der Waals surface area contributed by atoms with Crippen molar-refractivity contribution >= 4 is 11.9 Å². The van der Waals surface area contributed by atoms with Gasteiger partial charge in [-0.2, -0.15) is 13.2 Å². The van der Waals surface area contributed by atoms with Crippen LogP contribution in [0, 0.1) is 5.92 Å². The van der Waals surface area contributed by atoms with Crippen molar-refractivity contribution in [1.29, 1.82) is 0 Å². The van der Waals surface area contributed by atoms with Crippen molar-refractivity contribution in [2.24, 2.45) is 5.92 Å². The number of amides is 1. The van der Waals surface area contributed by atoms with Gasteiger partial charge in [0.25, 0.3) is 5.91 Å². The first-order valence-electron chi connectivity index (χ1n) is 6.63. The first kappa shape index (κ1) is 16.2. The zero-order valence-electron chi connectivity index (χ0n) is 11.7. The highest BCUT2D eigenvalue weighted by Gasteiger charge is 2.37. The molecule has 0 saturated carbocycles. The highest BCUT2D eigenvalue weighted by molar-refractivity contribution is 5.96. The third-order valence-electron chi connectivity index (χ3n) is 3.56. The lowest BCUT2D eigenvalue weighted by molar-refractivity contribution is -0.145. The number of carbonyl (C=O) groups is 2. The second-order valence-corrected chi connectivity index (χ2v) is 5.28. The number of carboxylic acids is 1. The summed E-state index contributed by atoms with van der Waals surface area (Å²) in [5, 5.41) is 9.20. The molecule has 2 unspecified atom stereocenters. The molecule has 1 aliphatic rings. The number of nitrogens with zero attached hydrogens (tertiary/aromatic N) is 3. The number of likely N-dealkylation sites (tertiary alicyclic amines) is 1. The van der Waals surface area contributed by atoms with E-state index in [9.17, 15) is 27.9 Å². The molecule has 1 amide bonds. The monoisotopic (exact) mass is 317 g/mol. The van der Waals surface area contributed by atoms with Crippen molar-refractivity contribution < 1.29 is 27.9 Å². The van der Waals surface area contributed by atoms with E-state index < -0.39 is 29.9 Å². The first-order valence-corrected chi connectivity index (χ1v) is 6.63. The van der Waals surface area contributed by atoms with Crippen LogP contribution in [-0.4, -0.2) is 44.4 Å². The summed E-state index contributed by atoms with van der Waals surface area (Å²) < 4.78 is 37.2. The van der Waals surface area contributed by atoms with E-state index in [0.29, 0.717) is 12.8 Å². The normalized spacial score (nSPS) is 22.5. The number of carbonyl (C=O) groups excluding carboxylic acids is 1. The summed E-state index contributed by atoms with van der Waals surface area (Å²) in [4.78, 5) is 30.9. The number of hydrogen-bond donors (Lipinski definition) is 1. The zero-order chi connectivity index (χ0) is 16.5. The Balaban J connectivity index is 2.21. The molecule has 1 aliphatic heterocycles. The Bertz CT molecular complexity index is 574. The van der Waals surface area contributed by atoms with Gasteiger partial charge in [0.1, 0.15) is 6.04 Å². The molecule has 1 N–H and O–H groups in total. The number of aliphatic carboxylic acids is 1. The average molecular weight is 317 g/mol. The number of alkyl halides is 3. The van der Waals surface area contributed by atoms with E-state index in [2.05, 4.69) is 9.97 Å². The van der Waals surface area contributed by atoms with Gasteiger partial charge in [-0.05, 0) is 18.8 Å². The van der Waals surface area contributed by atoms with Crippen molar-refractivity contribution in [3.05, 3.63) is 23.8 Å². The summed E-state index contributed by atoms with van der Waals surface area (Å²) in [5.74, 6) is -2.99. The standard InChI is InChI=1S/C13H14F3N3O3/c1-7-2-3-19(9(4-7)11(21)22)10(20)8-5-17-12(18-6-8)13(14,15)16/h5-7,9H,2-4H2,1H3,(H,21,22). The number of piperidine rings is 1. The SMILES string of the molecule is CC1CCN(C(=O)c2cnc(C(F)(F)F)nc2)C(C(=O)O)C1. The summed E-state index contributed by atoms with van der Waals surface area (Å²) in [5.41, 5.74) is -0.159. The molecule has 2 atom stereocenters. The summed E-state index contributed by atoms with van der Waals surface area (Å²) in [7, 11) is 0. The van der Waals surface area contributed by atoms with Crippen LogP contribution in [0.15, 0.2) is 12.4 Å². The van der Waals surface area contributed by atoms with Crippen LogP contribution in [0.3, 0.4) is 0 Å². The second-order valence-electron chi connectivity index (χ2n) is 5.28. The summed E-state index contributed by atoms with van der Waals surface area (Å²) in [6.45, 7) is 2.12. The minimum atomic E-state index is -4.69. The molecule has 0 aliphatic carbocycles. The van der Waals surface area contributed by atoms with Crippen LogP contribution in [0.4, 0.5) is 13.2 Å². The average Bonchev–Trinajstić information content (AvgIpc) is 2.45. The Morgan fingerprint density at radius 1 is 1.32 bits per heavy atom. The maximum absolute atomic E-state index is 12.4. The first-order chi connectivity index (χ1) is 10.2. The van der Waals surface area contributed by atoms with Crippen LogP contribution in [0.1, 0.15) is 35.9 Å². The Morgan fingerprint density at radius 2 is 1.91 bits per heavy atom. The van der Waals surface area contributed by atoms with E-state index in [1.165, 1.54) is 0 Å². The van der Waals surface area contributed by atoms with Gasteiger partial charge in [-0.25, -0.2) is 14.8 Å². The number of halogens is 3. The largest absolute Gasteiger partial charge is 0.480 e. The van der Waals surface area contributed by atoms with Gasteiger partial charge in [-0.3, -0.25) is 4.79 Å². The minimum Gasteiger partial charge on any atom is -0.480 e. The van der Waals surface area contributed by atoms with E-state index in [1.54, 1.807) is 0 Å². The highest BCUT2D eigenvalue weighted by Crippen LogP contribution is 2.27. The zero-order valence-corrected chi connectivity index (χ0v) is 11.7. The van der Waals surface area contributed by atoms with Gasteiger partial charge in [-0.1, -0.05) is 6.92 Å². The van der Waals surface area contributed by atoms with Gasteiger partial charge in [0.05, 0.1) is 5.56 Å². The molecule has 0 spiro atoms. The van der Waals surface area contributed by atoms with Crippen molar-refractivity contribution in [3.63, 3.8) is 0 Å². The van der Waals surface area contributed by atoms with Crippen LogP contribution in [0.2, 0.25) is 0 Å². The Hall–Kier alpha value is -2.19. The van der Waals surface area contributed by atoms with Gasteiger partial charge in [0, 0.05) is 18.9 Å². The van der Waals surface area contributed by atoms with Crippen LogP contribution in [0.25, 0.3) is 0 Å². The Morgan fingerprint density at radius 3 is 2.41 bits per heavy atom. The number of aromatic nitrogens is 2. The predicted molar refractivity (Wildman–Crippen MR) is 67.9 cm³/mol. The molecule has 2 heterocycles. The molecule has 0 aromatic carbocycles. The molecule has 9 heteroatoms. The van der Waals surface area contributed by atoms with E-state index in [4.69, 9.17) is 0 Å². The smallest absolute Gasteiger partial charge is 0.451 e. The van der Waals surface area contributed by atoms with Gasteiger partial charge in [-0.15, -0.1) is 0 Å². The topological polar surface area (TPSA) is 83.4 Å². The Labute approximate surface area is 124 Å². The molecule has 1 aromatic heterocycles. The van der Waals surface area contributed by atoms with Gasteiger partial charge in [0.15, 0.2) is 0 Å². The summed E-state index contributed by atoms with van der Waals surface area (Å²) in [6.07, 6.45) is -2.20. The molecule has 120 valence electrons. The summed E-state index contributed by atoms with van der Waals surface area (Å²) >= 11 is 0. The molecule has 0 bridgehead atoms. The third-order valence-corrected chi connectivity index (χ3v) is 3.56. The lowest BCUT2D eigenvalue weighted by Gasteiger charge is -2.35. The fourth-order valence-corrected chi connectivity index (χ4v) is 2.37. The van der Waals surface area contributed by atoms with Crippen LogP contribution < -0.4 is 0 Å². The van der Waals surface area contributed by atoms with Crippen molar-refractivity contribution in [2.75, 3.05) is 6.54 Å². The van der Waals surface area contributed by atoms with Crippen molar-refractivity contribution in [3.8, 4) is 0 Å². The lowest BCUT2D eigenvalue weighted by atomic mass is 9.92. The van der Waals surface area contributed by atoms with Crippen molar-refractivity contribution in [1.82, 2.24) is 14.9 Å². The summed E-state index contributed by atoms with van der Waals surface area (Å²) in [6, 6.07) is -0.987.